The third-order valence-corrected chi connectivity index (χ3v) is 4.28. The van der Waals surface area contributed by atoms with E-state index in [0.717, 1.165) is 24.7 Å². The lowest BCUT2D eigenvalue weighted by Crippen LogP contribution is -2.58. The van der Waals surface area contributed by atoms with E-state index in [0.29, 0.717) is 18.0 Å². The topological polar surface area (TPSA) is 85.1 Å². The predicted molar refractivity (Wildman–Crippen MR) is 85.2 cm³/mol. The molecule has 2 unspecified atom stereocenters. The maximum absolute atomic E-state index is 5.76. The molecular formula is C15H27N5O. The van der Waals surface area contributed by atoms with Crippen molar-refractivity contribution in [3.63, 3.8) is 0 Å². The summed E-state index contributed by atoms with van der Waals surface area (Å²) in [6.07, 6.45) is 1.30. The number of nitrogen functional groups attached to an aromatic ring is 1. The van der Waals surface area contributed by atoms with Crippen LogP contribution in [0.1, 0.15) is 52.8 Å². The molecule has 1 aliphatic carbocycles. The first-order valence-electron chi connectivity index (χ1n) is 7.62. The standard InChI is InChI=1S/C15H27N5O/c1-6-21-11-7-10(15(11,4)5)17-12-8-13(20-16)19-14(18-12)9(2)3/h8-11H,6-7,16H2,1-5H3,(H2,17,18,19,20). The lowest BCUT2D eigenvalue weighted by Gasteiger charge is -2.51. The van der Waals surface area contributed by atoms with Gasteiger partial charge in [0.25, 0.3) is 0 Å². The van der Waals surface area contributed by atoms with E-state index in [1.165, 1.54) is 0 Å². The molecule has 0 radical (unpaired) electrons. The highest BCUT2D eigenvalue weighted by Crippen LogP contribution is 2.44. The fourth-order valence-corrected chi connectivity index (χ4v) is 2.66. The molecule has 118 valence electrons. The van der Waals surface area contributed by atoms with Crippen molar-refractivity contribution in [2.45, 2.75) is 59.1 Å². The van der Waals surface area contributed by atoms with Crippen LogP contribution in [-0.4, -0.2) is 28.7 Å². The molecule has 1 aromatic heterocycles. The second kappa shape index (κ2) is 6.15. The Kier molecular flexibility index (Phi) is 4.68. The molecule has 2 rings (SSSR count). The molecule has 0 saturated heterocycles. The number of nitrogens with two attached hydrogens (primary N) is 1. The third kappa shape index (κ3) is 3.27. The molecule has 4 N–H and O–H groups in total. The van der Waals surface area contributed by atoms with Crippen LogP contribution >= 0.6 is 0 Å². The Morgan fingerprint density at radius 3 is 2.57 bits per heavy atom. The van der Waals surface area contributed by atoms with Crippen molar-refractivity contribution in [3.8, 4) is 0 Å². The molecule has 6 nitrogen and oxygen atoms in total. The quantitative estimate of drug-likeness (QED) is 0.552. The van der Waals surface area contributed by atoms with Crippen molar-refractivity contribution in [2.75, 3.05) is 17.3 Å². The number of hydrazine groups is 1. The van der Waals surface area contributed by atoms with Crippen LogP contribution in [0.3, 0.4) is 0 Å². The highest BCUT2D eigenvalue weighted by Gasteiger charge is 2.49. The Hall–Kier alpha value is -1.40. The summed E-state index contributed by atoms with van der Waals surface area (Å²) in [5, 5.41) is 3.50. The number of anilines is 2. The zero-order valence-corrected chi connectivity index (χ0v) is 13.6. The van der Waals surface area contributed by atoms with Crippen molar-refractivity contribution in [3.05, 3.63) is 11.9 Å². The Morgan fingerprint density at radius 1 is 1.38 bits per heavy atom. The molecule has 1 fully saturated rings. The van der Waals surface area contributed by atoms with Crippen molar-refractivity contribution >= 4 is 11.6 Å². The SMILES string of the molecule is CCOC1CC(Nc2cc(NN)nc(C(C)C)n2)C1(C)C. The predicted octanol–water partition coefficient (Wildman–Crippen LogP) is 2.50. The summed E-state index contributed by atoms with van der Waals surface area (Å²) in [6, 6.07) is 2.19. The number of ether oxygens (including phenoxy) is 1. The first-order valence-corrected chi connectivity index (χ1v) is 7.62. The second-order valence-corrected chi connectivity index (χ2v) is 6.49. The van der Waals surface area contributed by atoms with Crippen LogP contribution in [0.2, 0.25) is 0 Å². The van der Waals surface area contributed by atoms with Crippen molar-refractivity contribution in [1.29, 1.82) is 0 Å². The summed E-state index contributed by atoms with van der Waals surface area (Å²) >= 11 is 0. The summed E-state index contributed by atoms with van der Waals surface area (Å²) in [6.45, 7) is 11.4. The lowest BCUT2D eigenvalue weighted by molar-refractivity contribution is -0.0976. The van der Waals surface area contributed by atoms with E-state index in [1.807, 2.05) is 13.0 Å². The molecule has 0 bridgehead atoms. The summed E-state index contributed by atoms with van der Waals surface area (Å²) in [7, 11) is 0. The van der Waals surface area contributed by atoms with Crippen LogP contribution in [0.15, 0.2) is 6.07 Å². The van der Waals surface area contributed by atoms with Gasteiger partial charge < -0.3 is 15.5 Å². The highest BCUT2D eigenvalue weighted by molar-refractivity contribution is 5.48. The Balaban J connectivity index is 2.12. The zero-order valence-electron chi connectivity index (χ0n) is 13.6. The number of rotatable bonds is 6. The monoisotopic (exact) mass is 293 g/mol. The minimum absolute atomic E-state index is 0.0925. The van der Waals surface area contributed by atoms with Crippen LogP contribution in [0.4, 0.5) is 11.6 Å². The molecule has 1 aliphatic rings. The average molecular weight is 293 g/mol. The smallest absolute Gasteiger partial charge is 0.145 e. The molecular weight excluding hydrogens is 266 g/mol. The minimum Gasteiger partial charge on any atom is -0.378 e. The van der Waals surface area contributed by atoms with Gasteiger partial charge in [0.2, 0.25) is 0 Å². The number of hydrogen-bond donors (Lipinski definition) is 3. The minimum atomic E-state index is 0.0925. The van der Waals surface area contributed by atoms with Crippen LogP contribution < -0.4 is 16.6 Å². The van der Waals surface area contributed by atoms with Gasteiger partial charge in [0.15, 0.2) is 0 Å². The average Bonchev–Trinajstić information content (AvgIpc) is 2.45. The highest BCUT2D eigenvalue weighted by atomic mass is 16.5. The largest absolute Gasteiger partial charge is 0.378 e. The van der Waals surface area contributed by atoms with E-state index in [9.17, 15) is 0 Å². The summed E-state index contributed by atoms with van der Waals surface area (Å²) < 4.78 is 5.76. The molecule has 0 amide bonds. The van der Waals surface area contributed by atoms with Crippen molar-refractivity contribution in [2.24, 2.45) is 11.3 Å². The number of nitrogens with one attached hydrogen (secondary N) is 2. The zero-order chi connectivity index (χ0) is 15.6. The number of hydrogen-bond acceptors (Lipinski definition) is 6. The normalized spacial score (nSPS) is 23.8. The van der Waals surface area contributed by atoms with Crippen molar-refractivity contribution < 1.29 is 4.74 Å². The van der Waals surface area contributed by atoms with Gasteiger partial charge in [-0.25, -0.2) is 15.8 Å². The van der Waals surface area contributed by atoms with Gasteiger partial charge in [0.05, 0.1) is 6.10 Å². The van der Waals surface area contributed by atoms with Gasteiger partial charge in [-0.15, -0.1) is 0 Å². The molecule has 0 aliphatic heterocycles. The molecule has 1 heterocycles. The van der Waals surface area contributed by atoms with E-state index < -0.39 is 0 Å². The maximum Gasteiger partial charge on any atom is 0.145 e. The Labute approximate surface area is 126 Å². The van der Waals surface area contributed by atoms with Gasteiger partial charge in [-0.2, -0.15) is 0 Å². The first kappa shape index (κ1) is 16.0. The van der Waals surface area contributed by atoms with Crippen LogP contribution in [-0.2, 0) is 4.74 Å². The van der Waals surface area contributed by atoms with E-state index in [1.54, 1.807) is 0 Å². The molecule has 6 heteroatoms. The second-order valence-electron chi connectivity index (χ2n) is 6.49. The van der Waals surface area contributed by atoms with Gasteiger partial charge in [0, 0.05) is 30.0 Å². The fourth-order valence-electron chi connectivity index (χ4n) is 2.66. The molecule has 0 spiro atoms. The molecule has 2 atom stereocenters. The van der Waals surface area contributed by atoms with Gasteiger partial charge in [-0.3, -0.25) is 0 Å². The van der Waals surface area contributed by atoms with E-state index in [2.05, 4.69) is 48.4 Å². The Morgan fingerprint density at radius 2 is 2.05 bits per heavy atom. The van der Waals surface area contributed by atoms with Crippen molar-refractivity contribution in [1.82, 2.24) is 9.97 Å². The first-order chi connectivity index (χ1) is 9.88. The maximum atomic E-state index is 5.76. The molecule has 1 aromatic rings. The summed E-state index contributed by atoms with van der Waals surface area (Å²) in [5.74, 6) is 7.98. The van der Waals surface area contributed by atoms with E-state index in [-0.39, 0.29) is 11.3 Å². The third-order valence-electron chi connectivity index (χ3n) is 4.28. The van der Waals surface area contributed by atoms with E-state index >= 15 is 0 Å². The van der Waals surface area contributed by atoms with Crippen LogP contribution in [0.25, 0.3) is 0 Å². The van der Waals surface area contributed by atoms with Crippen LogP contribution in [0, 0.1) is 5.41 Å². The van der Waals surface area contributed by atoms with Gasteiger partial charge in [-0.05, 0) is 13.3 Å². The molecule has 21 heavy (non-hydrogen) atoms. The number of nitrogens with zero attached hydrogens (tertiary/aromatic N) is 2. The van der Waals surface area contributed by atoms with Gasteiger partial charge in [0.1, 0.15) is 17.5 Å². The summed E-state index contributed by atoms with van der Waals surface area (Å²) in [4.78, 5) is 8.95. The molecule has 0 aromatic carbocycles. The summed E-state index contributed by atoms with van der Waals surface area (Å²) in [5.41, 5.74) is 2.70. The lowest BCUT2D eigenvalue weighted by atomic mass is 9.64. The fraction of sp³-hybridized carbons (Fsp3) is 0.733. The Bertz CT molecular complexity index is 489. The number of aromatic nitrogens is 2. The van der Waals surface area contributed by atoms with Crippen LogP contribution in [0.5, 0.6) is 0 Å². The van der Waals surface area contributed by atoms with E-state index in [4.69, 9.17) is 10.6 Å². The van der Waals surface area contributed by atoms with Gasteiger partial charge in [-0.1, -0.05) is 27.7 Å². The molecule has 1 saturated carbocycles. The van der Waals surface area contributed by atoms with Gasteiger partial charge >= 0.3 is 0 Å².